The molecular formula is C33H46O19. The fourth-order valence-electron chi connectivity index (χ4n) is 6.06. The van der Waals surface area contributed by atoms with Gasteiger partial charge in [0, 0.05) is 29.7 Å². The number of hydrogen-bond acceptors (Lipinski definition) is 19. The molecule has 2 aromatic rings. The van der Waals surface area contributed by atoms with Gasteiger partial charge in [-0.05, 0) is 19.1 Å². The first-order chi connectivity index (χ1) is 24.8. The van der Waals surface area contributed by atoms with E-state index in [0.717, 1.165) is 0 Å². The van der Waals surface area contributed by atoms with Crippen molar-refractivity contribution in [2.75, 3.05) is 46.2 Å². The van der Waals surface area contributed by atoms with Crippen LogP contribution >= 0.6 is 0 Å². The van der Waals surface area contributed by atoms with Crippen molar-refractivity contribution in [2.45, 2.75) is 86.6 Å². The maximum atomic E-state index is 12.3. The van der Waals surface area contributed by atoms with E-state index in [2.05, 4.69) is 0 Å². The van der Waals surface area contributed by atoms with E-state index in [-0.39, 0.29) is 79.5 Å². The molecule has 0 bridgehead atoms. The van der Waals surface area contributed by atoms with Gasteiger partial charge in [0.15, 0.2) is 30.2 Å². The minimum atomic E-state index is -2.52. The van der Waals surface area contributed by atoms with E-state index < -0.39 is 86.3 Å². The van der Waals surface area contributed by atoms with Crippen LogP contribution in [0, 0.1) is 0 Å². The number of hydrogen-bond donors (Lipinski definition) is 11. The van der Waals surface area contributed by atoms with Crippen molar-refractivity contribution in [2.24, 2.45) is 0 Å². The minimum absolute atomic E-state index is 0.0406. The van der Waals surface area contributed by atoms with Gasteiger partial charge in [-0.15, -0.1) is 0 Å². The maximum Gasteiger partial charge on any atom is 0.214 e. The van der Waals surface area contributed by atoms with Gasteiger partial charge in [-0.2, -0.15) is 0 Å². The van der Waals surface area contributed by atoms with E-state index in [0.29, 0.717) is 0 Å². The molecule has 3 heterocycles. The number of benzene rings is 2. The Kier molecular flexibility index (Phi) is 13.4. The monoisotopic (exact) mass is 746 g/mol. The van der Waals surface area contributed by atoms with Crippen LogP contribution in [0.15, 0.2) is 30.3 Å². The molecule has 12 atom stereocenters. The lowest BCUT2D eigenvalue weighted by molar-refractivity contribution is -0.383. The molecule has 3 aliphatic rings. The van der Waals surface area contributed by atoms with Crippen LogP contribution in [-0.4, -0.2) is 170 Å². The molecule has 292 valence electrons. The lowest BCUT2D eigenvalue weighted by Gasteiger charge is -2.47. The summed E-state index contributed by atoms with van der Waals surface area (Å²) in [5.74, 6) is -2.46. The Balaban J connectivity index is 1.46. The van der Waals surface area contributed by atoms with E-state index in [4.69, 9.17) is 37.9 Å². The number of fused-ring (bicyclic) bond motifs is 1. The average molecular weight is 747 g/mol. The molecule has 11 N–H and O–H groups in total. The molecule has 0 aromatic heterocycles. The van der Waals surface area contributed by atoms with Crippen LogP contribution in [0.3, 0.4) is 0 Å². The smallest absolute Gasteiger partial charge is 0.214 e. The second kappa shape index (κ2) is 17.3. The summed E-state index contributed by atoms with van der Waals surface area (Å²) in [4.78, 5) is 0. The Morgan fingerprint density at radius 1 is 0.731 bits per heavy atom. The fraction of sp³-hybridized carbons (Fsp3) is 0.636. The summed E-state index contributed by atoms with van der Waals surface area (Å²) in [6.45, 7) is -0.480. The van der Waals surface area contributed by atoms with Crippen molar-refractivity contribution < 1.29 is 94.1 Å². The largest absolute Gasteiger partial charge is 0.507 e. The van der Waals surface area contributed by atoms with Gasteiger partial charge in [0.05, 0.1) is 32.5 Å². The zero-order valence-corrected chi connectivity index (χ0v) is 28.1. The Morgan fingerprint density at radius 2 is 1.37 bits per heavy atom. The highest BCUT2D eigenvalue weighted by molar-refractivity contribution is 5.53. The van der Waals surface area contributed by atoms with E-state index >= 15 is 0 Å². The first-order valence-electron chi connectivity index (χ1n) is 16.6. The molecule has 0 spiro atoms. The van der Waals surface area contributed by atoms with E-state index in [1.807, 2.05) is 0 Å². The van der Waals surface area contributed by atoms with Crippen LogP contribution in [0.25, 0.3) is 0 Å². The molecule has 5 rings (SSSR count). The third-order valence-corrected chi connectivity index (χ3v) is 8.79. The zero-order valence-electron chi connectivity index (χ0n) is 28.1. The van der Waals surface area contributed by atoms with Crippen molar-refractivity contribution in [3.8, 4) is 28.7 Å². The highest BCUT2D eigenvalue weighted by atomic mass is 16.8. The van der Waals surface area contributed by atoms with Gasteiger partial charge in [-0.25, -0.2) is 0 Å². The molecule has 19 nitrogen and oxygen atoms in total. The molecule has 2 fully saturated rings. The Morgan fingerprint density at radius 3 is 2.06 bits per heavy atom. The van der Waals surface area contributed by atoms with Gasteiger partial charge in [0.1, 0.15) is 79.8 Å². The average Bonchev–Trinajstić information content (AvgIpc) is 3.13. The van der Waals surface area contributed by atoms with Crippen LogP contribution in [-0.2, 0) is 25.4 Å². The summed E-state index contributed by atoms with van der Waals surface area (Å²) < 4.78 is 45.5. The number of ether oxygens (including phenoxy) is 8. The number of aromatic hydroxyl groups is 1. The Labute approximate surface area is 297 Å². The van der Waals surface area contributed by atoms with Gasteiger partial charge in [0.25, 0.3) is 0 Å². The quantitative estimate of drug-likeness (QED) is 0.0790. The zero-order chi connectivity index (χ0) is 37.7. The first-order valence-corrected chi connectivity index (χ1v) is 16.6. The number of phenolic OH excluding ortho intramolecular Hbond substituents is 1. The summed E-state index contributed by atoms with van der Waals surface area (Å²) in [5, 5.41) is 114. The normalized spacial score (nSPS) is 34.6. The van der Waals surface area contributed by atoms with Crippen molar-refractivity contribution in [1.29, 1.82) is 0 Å². The predicted octanol–water partition coefficient (Wildman–Crippen LogP) is -3.46. The second-order valence-corrected chi connectivity index (χ2v) is 12.5. The molecule has 2 unspecified atom stereocenters. The highest BCUT2D eigenvalue weighted by Crippen LogP contribution is 2.49. The van der Waals surface area contributed by atoms with Crippen LogP contribution in [0.4, 0.5) is 0 Å². The lowest BCUT2D eigenvalue weighted by atomic mass is 9.90. The standard InChI is InChI=1S/C33H46O19/c1-15-24(38)26(40)28(42)31(49-15)48-14-23-25(39)27(41)29(43)32(51-23)52-33(44)13-18-19(37)11-17(45-7-4-34)12-21(18)50-30(33)16-2-3-20(46-8-5-35)22(10-16)47-9-6-36/h2-3,10-12,15,23-32,34-44H,4-9,13-14H2,1H3/t15-,23-,24-,25-,26+,27+,28+,29-,30?,31-,32-,33?/m1/s1. The molecule has 0 amide bonds. The molecule has 0 radical (unpaired) electrons. The van der Waals surface area contributed by atoms with Crippen molar-refractivity contribution in [3.63, 3.8) is 0 Å². The Bertz CT molecular complexity index is 1460. The number of phenols is 1. The van der Waals surface area contributed by atoms with Crippen LogP contribution < -0.4 is 18.9 Å². The molecule has 2 aromatic carbocycles. The van der Waals surface area contributed by atoms with Crippen LogP contribution in [0.5, 0.6) is 28.7 Å². The number of rotatable bonds is 15. The SMILES string of the molecule is C[C@H]1O[C@@H](OC[C@H]2O[C@H](OC3(O)Cc4c(O)cc(OCCO)cc4OC3c3ccc(OCCO)c(OCCO)c3)[C@H](O)[C@@H](O)[C@@H]2O)[C@@H](O)[C@@H](O)[C@@H]1O. The summed E-state index contributed by atoms with van der Waals surface area (Å²) in [7, 11) is 0. The summed E-state index contributed by atoms with van der Waals surface area (Å²) >= 11 is 0. The van der Waals surface area contributed by atoms with E-state index in [9.17, 15) is 56.2 Å². The van der Waals surface area contributed by atoms with E-state index in [1.165, 1.54) is 37.3 Å². The summed E-state index contributed by atoms with van der Waals surface area (Å²) in [5.41, 5.74) is 0.224. The summed E-state index contributed by atoms with van der Waals surface area (Å²) in [6.07, 6.45) is -18.2. The van der Waals surface area contributed by atoms with Crippen molar-refractivity contribution >= 4 is 0 Å². The van der Waals surface area contributed by atoms with Crippen molar-refractivity contribution in [1.82, 2.24) is 0 Å². The maximum absolute atomic E-state index is 12.3. The van der Waals surface area contributed by atoms with Crippen molar-refractivity contribution in [3.05, 3.63) is 41.5 Å². The van der Waals surface area contributed by atoms with Crippen LogP contribution in [0.1, 0.15) is 24.2 Å². The van der Waals surface area contributed by atoms with Gasteiger partial charge < -0.3 is 94.1 Å². The number of aliphatic hydroxyl groups is 10. The Hall–Kier alpha value is -3.12. The third-order valence-electron chi connectivity index (χ3n) is 8.79. The predicted molar refractivity (Wildman–Crippen MR) is 170 cm³/mol. The third kappa shape index (κ3) is 8.64. The molecule has 52 heavy (non-hydrogen) atoms. The lowest BCUT2D eigenvalue weighted by Crippen LogP contribution is -2.63. The molecular weight excluding hydrogens is 700 g/mol. The second-order valence-electron chi connectivity index (χ2n) is 12.5. The van der Waals surface area contributed by atoms with E-state index in [1.54, 1.807) is 0 Å². The van der Waals surface area contributed by atoms with Crippen LogP contribution in [0.2, 0.25) is 0 Å². The van der Waals surface area contributed by atoms with Gasteiger partial charge in [-0.3, -0.25) is 0 Å². The van der Waals surface area contributed by atoms with Gasteiger partial charge in [0.2, 0.25) is 5.79 Å². The molecule has 2 saturated heterocycles. The summed E-state index contributed by atoms with van der Waals surface area (Å²) in [6, 6.07) is 6.98. The minimum Gasteiger partial charge on any atom is -0.507 e. The molecule has 3 aliphatic heterocycles. The first kappa shape index (κ1) is 40.1. The van der Waals surface area contributed by atoms with Gasteiger partial charge >= 0.3 is 0 Å². The van der Waals surface area contributed by atoms with Gasteiger partial charge in [-0.1, -0.05) is 6.07 Å². The number of aliphatic hydroxyl groups excluding tert-OH is 9. The molecule has 19 heteroatoms. The molecule has 0 saturated carbocycles. The molecule has 0 aliphatic carbocycles. The topological polar surface area (TPSA) is 296 Å². The highest BCUT2D eigenvalue weighted by Gasteiger charge is 2.53. The fourth-order valence-corrected chi connectivity index (χ4v) is 6.06.